The monoisotopic (exact) mass is 267 g/mol. The van der Waals surface area contributed by atoms with Gasteiger partial charge in [0.15, 0.2) is 0 Å². The number of H-pyrrole nitrogens is 1. The lowest BCUT2D eigenvalue weighted by Crippen LogP contribution is -2.08. The highest BCUT2D eigenvalue weighted by Crippen LogP contribution is 2.17. The number of fused-ring (bicyclic) bond motifs is 1. The van der Waals surface area contributed by atoms with Gasteiger partial charge in [0.25, 0.3) is 0 Å². The Bertz CT molecular complexity index is 450. The van der Waals surface area contributed by atoms with Gasteiger partial charge in [0.05, 0.1) is 11.0 Å². The van der Waals surface area contributed by atoms with Crippen LogP contribution in [0.15, 0.2) is 22.7 Å². The van der Waals surface area contributed by atoms with E-state index in [9.17, 15) is 0 Å². The van der Waals surface area contributed by atoms with Gasteiger partial charge in [-0.05, 0) is 38.2 Å². The molecule has 2 aromatic rings. The zero-order valence-electron chi connectivity index (χ0n) is 8.68. The second-order valence-electron chi connectivity index (χ2n) is 3.55. The average Bonchev–Trinajstić information content (AvgIpc) is 2.60. The van der Waals surface area contributed by atoms with E-state index in [2.05, 4.69) is 37.3 Å². The zero-order valence-corrected chi connectivity index (χ0v) is 10.3. The molecule has 0 bridgehead atoms. The van der Waals surface area contributed by atoms with Crippen LogP contribution >= 0.6 is 15.9 Å². The quantitative estimate of drug-likeness (QED) is 0.836. The Morgan fingerprint density at radius 1 is 1.47 bits per heavy atom. The average molecular weight is 268 g/mol. The summed E-state index contributed by atoms with van der Waals surface area (Å²) in [5, 5.41) is 3.13. The van der Waals surface area contributed by atoms with Gasteiger partial charge < -0.3 is 10.3 Å². The van der Waals surface area contributed by atoms with Crippen LogP contribution in [0, 0.1) is 0 Å². The maximum atomic E-state index is 4.52. The summed E-state index contributed by atoms with van der Waals surface area (Å²) in [6.07, 6.45) is 2.10. The van der Waals surface area contributed by atoms with Crippen LogP contribution in [0.25, 0.3) is 11.0 Å². The maximum Gasteiger partial charge on any atom is 0.107 e. The van der Waals surface area contributed by atoms with Gasteiger partial charge in [0.1, 0.15) is 5.82 Å². The van der Waals surface area contributed by atoms with Crippen LogP contribution in [0.1, 0.15) is 12.2 Å². The van der Waals surface area contributed by atoms with Crippen molar-refractivity contribution < 1.29 is 0 Å². The highest BCUT2D eigenvalue weighted by atomic mass is 79.9. The number of nitrogens with zero attached hydrogens (tertiary/aromatic N) is 1. The predicted octanol–water partition coefficient (Wildman–Crippen LogP) is 2.48. The Labute approximate surface area is 97.4 Å². The number of aryl methyl sites for hydroxylation is 1. The van der Waals surface area contributed by atoms with Gasteiger partial charge in [0, 0.05) is 10.9 Å². The fourth-order valence-corrected chi connectivity index (χ4v) is 1.95. The third-order valence-corrected chi connectivity index (χ3v) is 2.83. The third-order valence-electron chi connectivity index (χ3n) is 2.33. The van der Waals surface area contributed by atoms with E-state index in [-0.39, 0.29) is 0 Å². The SMILES string of the molecule is CNCCCc1nc2ccc(Br)cc2[nH]1. The van der Waals surface area contributed by atoms with Crippen LogP contribution in [0.3, 0.4) is 0 Å². The summed E-state index contributed by atoms with van der Waals surface area (Å²) < 4.78 is 1.08. The molecule has 0 aliphatic rings. The van der Waals surface area contributed by atoms with Gasteiger partial charge in [0.2, 0.25) is 0 Å². The van der Waals surface area contributed by atoms with Crippen LogP contribution in [0.4, 0.5) is 0 Å². The number of hydrogen-bond donors (Lipinski definition) is 2. The molecule has 0 atom stereocenters. The third kappa shape index (κ3) is 2.58. The second-order valence-corrected chi connectivity index (χ2v) is 4.47. The minimum Gasteiger partial charge on any atom is -0.342 e. The van der Waals surface area contributed by atoms with Crippen LogP contribution in [0.2, 0.25) is 0 Å². The molecular formula is C11H14BrN3. The molecule has 1 aromatic heterocycles. The number of imidazole rings is 1. The molecule has 0 aliphatic carbocycles. The molecular weight excluding hydrogens is 254 g/mol. The standard InChI is InChI=1S/C11H14BrN3/c1-13-6-2-3-11-14-9-5-4-8(12)7-10(9)15-11/h4-5,7,13H,2-3,6H2,1H3,(H,14,15). The van der Waals surface area contributed by atoms with E-state index in [4.69, 9.17) is 0 Å². The lowest BCUT2D eigenvalue weighted by molar-refractivity contribution is 0.709. The van der Waals surface area contributed by atoms with Gasteiger partial charge in [-0.25, -0.2) is 4.98 Å². The first-order valence-corrected chi connectivity index (χ1v) is 5.87. The van der Waals surface area contributed by atoms with E-state index >= 15 is 0 Å². The van der Waals surface area contributed by atoms with Gasteiger partial charge in [-0.15, -0.1) is 0 Å². The van der Waals surface area contributed by atoms with E-state index in [1.54, 1.807) is 0 Å². The van der Waals surface area contributed by atoms with Crippen molar-refractivity contribution in [2.45, 2.75) is 12.8 Å². The first-order chi connectivity index (χ1) is 7.29. The fourth-order valence-electron chi connectivity index (χ4n) is 1.59. The Hall–Kier alpha value is -0.870. The molecule has 0 spiro atoms. The van der Waals surface area contributed by atoms with E-state index < -0.39 is 0 Å². The zero-order chi connectivity index (χ0) is 10.7. The normalized spacial score (nSPS) is 11.1. The smallest absolute Gasteiger partial charge is 0.107 e. The summed E-state index contributed by atoms with van der Waals surface area (Å²) >= 11 is 3.45. The van der Waals surface area contributed by atoms with Crippen molar-refractivity contribution in [3.05, 3.63) is 28.5 Å². The minimum absolute atomic E-state index is 0.993. The summed E-state index contributed by atoms with van der Waals surface area (Å²) in [6, 6.07) is 6.10. The van der Waals surface area contributed by atoms with Crippen LogP contribution in [-0.4, -0.2) is 23.6 Å². The van der Waals surface area contributed by atoms with E-state index in [0.29, 0.717) is 0 Å². The minimum atomic E-state index is 0.993. The Morgan fingerprint density at radius 2 is 2.33 bits per heavy atom. The van der Waals surface area contributed by atoms with Crippen molar-refractivity contribution in [2.24, 2.45) is 0 Å². The fraction of sp³-hybridized carbons (Fsp3) is 0.364. The number of aromatic amines is 1. The number of benzene rings is 1. The van der Waals surface area contributed by atoms with Gasteiger partial charge in [-0.2, -0.15) is 0 Å². The largest absolute Gasteiger partial charge is 0.342 e. The molecule has 1 aromatic carbocycles. The molecule has 80 valence electrons. The summed E-state index contributed by atoms with van der Waals surface area (Å²) in [5.41, 5.74) is 2.14. The number of nitrogens with one attached hydrogen (secondary N) is 2. The second kappa shape index (κ2) is 4.77. The number of rotatable bonds is 4. The molecule has 0 aliphatic heterocycles. The Morgan fingerprint density at radius 3 is 3.13 bits per heavy atom. The van der Waals surface area contributed by atoms with Gasteiger partial charge in [-0.3, -0.25) is 0 Å². The first-order valence-electron chi connectivity index (χ1n) is 5.08. The Kier molecular flexibility index (Phi) is 3.38. The van der Waals surface area contributed by atoms with Crippen LogP contribution < -0.4 is 5.32 Å². The molecule has 2 rings (SSSR count). The molecule has 0 amide bonds. The lowest BCUT2D eigenvalue weighted by atomic mass is 10.3. The van der Waals surface area contributed by atoms with Crippen molar-refractivity contribution in [1.82, 2.24) is 15.3 Å². The predicted molar refractivity (Wildman–Crippen MR) is 66.0 cm³/mol. The lowest BCUT2D eigenvalue weighted by Gasteiger charge is -1.95. The molecule has 4 heteroatoms. The Balaban J connectivity index is 2.16. The molecule has 0 radical (unpaired) electrons. The van der Waals surface area contributed by atoms with Crippen molar-refractivity contribution in [2.75, 3.05) is 13.6 Å². The number of hydrogen-bond acceptors (Lipinski definition) is 2. The van der Waals surface area contributed by atoms with Crippen molar-refractivity contribution >= 4 is 27.0 Å². The van der Waals surface area contributed by atoms with E-state index in [0.717, 1.165) is 40.7 Å². The molecule has 0 saturated heterocycles. The maximum absolute atomic E-state index is 4.52. The molecule has 1 heterocycles. The molecule has 15 heavy (non-hydrogen) atoms. The topological polar surface area (TPSA) is 40.7 Å². The molecule has 0 fully saturated rings. The van der Waals surface area contributed by atoms with Crippen molar-refractivity contribution in [1.29, 1.82) is 0 Å². The van der Waals surface area contributed by atoms with Gasteiger partial charge >= 0.3 is 0 Å². The summed E-state index contributed by atoms with van der Waals surface area (Å²) in [5.74, 6) is 1.07. The number of aromatic nitrogens is 2. The van der Waals surface area contributed by atoms with Crippen LogP contribution in [0.5, 0.6) is 0 Å². The van der Waals surface area contributed by atoms with E-state index in [1.807, 2.05) is 19.2 Å². The highest BCUT2D eigenvalue weighted by Gasteiger charge is 2.02. The van der Waals surface area contributed by atoms with Crippen molar-refractivity contribution in [3.63, 3.8) is 0 Å². The van der Waals surface area contributed by atoms with Gasteiger partial charge in [-0.1, -0.05) is 15.9 Å². The summed E-state index contributed by atoms with van der Waals surface area (Å²) in [4.78, 5) is 7.85. The van der Waals surface area contributed by atoms with E-state index in [1.165, 1.54) is 0 Å². The molecule has 0 unspecified atom stereocenters. The first kappa shape index (κ1) is 10.6. The molecule has 3 nitrogen and oxygen atoms in total. The summed E-state index contributed by atoms with van der Waals surface area (Å²) in [7, 11) is 1.97. The summed E-state index contributed by atoms with van der Waals surface area (Å²) in [6.45, 7) is 1.03. The molecule has 0 saturated carbocycles. The molecule has 2 N–H and O–H groups in total. The van der Waals surface area contributed by atoms with Crippen molar-refractivity contribution in [3.8, 4) is 0 Å². The van der Waals surface area contributed by atoms with Crippen LogP contribution in [-0.2, 0) is 6.42 Å². The number of halogens is 1. The highest BCUT2D eigenvalue weighted by molar-refractivity contribution is 9.10.